The Balaban J connectivity index is 2.63. The number of methoxy groups -OCH3 is 1. The van der Waals surface area contributed by atoms with Crippen molar-refractivity contribution in [1.82, 2.24) is 10.6 Å². The van der Waals surface area contributed by atoms with Gasteiger partial charge in [-0.05, 0) is 25.1 Å². The molecule has 106 valence electrons. The summed E-state index contributed by atoms with van der Waals surface area (Å²) in [6.07, 6.45) is 0.964. The molecule has 0 saturated carbocycles. The highest BCUT2D eigenvalue weighted by Crippen LogP contribution is 2.19. The minimum Gasteiger partial charge on any atom is -0.496 e. The van der Waals surface area contributed by atoms with E-state index in [4.69, 9.17) is 9.84 Å². The Hall–Kier alpha value is -1.59. The summed E-state index contributed by atoms with van der Waals surface area (Å²) in [7, 11) is 3.27. The third-order valence-corrected chi connectivity index (χ3v) is 3.06. The van der Waals surface area contributed by atoms with Crippen LogP contribution in [-0.4, -0.2) is 37.8 Å². The second kappa shape index (κ2) is 7.76. The van der Waals surface area contributed by atoms with Gasteiger partial charge in [-0.1, -0.05) is 19.1 Å². The van der Waals surface area contributed by atoms with E-state index in [-0.39, 0.29) is 0 Å². The predicted octanol–water partition coefficient (Wildman–Crippen LogP) is 1.02. The van der Waals surface area contributed by atoms with Crippen molar-refractivity contribution < 1.29 is 14.6 Å². The number of hydrogen-bond acceptors (Lipinski definition) is 4. The lowest BCUT2D eigenvalue weighted by Crippen LogP contribution is -2.42. The van der Waals surface area contributed by atoms with Crippen LogP contribution in [0.5, 0.6) is 5.75 Å². The van der Waals surface area contributed by atoms with Gasteiger partial charge in [-0.25, -0.2) is 0 Å². The molecule has 0 aromatic heterocycles. The average molecular weight is 266 g/mol. The number of likely N-dealkylation sites (N-methyl/N-ethyl adjacent to an activating group) is 1. The van der Waals surface area contributed by atoms with Crippen molar-refractivity contribution >= 4 is 5.97 Å². The molecule has 0 heterocycles. The van der Waals surface area contributed by atoms with E-state index in [1.165, 1.54) is 5.56 Å². The summed E-state index contributed by atoms with van der Waals surface area (Å²) in [5, 5.41) is 14.8. The van der Waals surface area contributed by atoms with Crippen LogP contribution in [0.2, 0.25) is 0 Å². The molecule has 1 atom stereocenters. The topological polar surface area (TPSA) is 70.6 Å². The van der Waals surface area contributed by atoms with Crippen LogP contribution in [-0.2, 0) is 17.8 Å². The molecule has 0 aliphatic carbocycles. The number of ether oxygens (including phenoxy) is 1. The molecule has 0 bridgehead atoms. The molecule has 0 saturated heterocycles. The van der Waals surface area contributed by atoms with Crippen molar-refractivity contribution in [1.29, 1.82) is 0 Å². The molecule has 0 aliphatic rings. The Morgan fingerprint density at radius 1 is 1.47 bits per heavy atom. The van der Waals surface area contributed by atoms with Crippen molar-refractivity contribution in [3.63, 3.8) is 0 Å². The van der Waals surface area contributed by atoms with Crippen molar-refractivity contribution in [2.75, 3.05) is 20.7 Å². The Morgan fingerprint density at radius 2 is 2.21 bits per heavy atom. The van der Waals surface area contributed by atoms with Crippen molar-refractivity contribution in [3.8, 4) is 5.75 Å². The number of carboxylic acids is 1. The lowest BCUT2D eigenvalue weighted by Gasteiger charge is -2.14. The number of aryl methyl sites for hydroxylation is 1. The Bertz CT molecular complexity index is 421. The summed E-state index contributed by atoms with van der Waals surface area (Å²) in [5.41, 5.74) is 2.28. The molecular weight excluding hydrogens is 244 g/mol. The SMILES string of the molecule is CCc1ccc(OC)c(CNCC(NC)C(=O)O)c1. The van der Waals surface area contributed by atoms with E-state index in [0.717, 1.165) is 17.7 Å². The van der Waals surface area contributed by atoms with E-state index in [9.17, 15) is 4.79 Å². The molecule has 1 rings (SSSR count). The molecular formula is C14H22N2O3. The lowest BCUT2D eigenvalue weighted by atomic mass is 10.1. The van der Waals surface area contributed by atoms with E-state index in [1.54, 1.807) is 14.2 Å². The zero-order valence-electron chi connectivity index (χ0n) is 11.7. The van der Waals surface area contributed by atoms with Crippen LogP contribution >= 0.6 is 0 Å². The molecule has 5 nitrogen and oxygen atoms in total. The first-order chi connectivity index (χ1) is 9.12. The van der Waals surface area contributed by atoms with E-state index in [0.29, 0.717) is 13.1 Å². The molecule has 1 aromatic carbocycles. The number of carboxylic acid groups (broad SMARTS) is 1. The maximum Gasteiger partial charge on any atom is 0.322 e. The summed E-state index contributed by atoms with van der Waals surface area (Å²) in [5.74, 6) is -0.0368. The van der Waals surface area contributed by atoms with Gasteiger partial charge in [0.25, 0.3) is 0 Å². The summed E-state index contributed by atoms with van der Waals surface area (Å²) in [6, 6.07) is 5.49. The van der Waals surface area contributed by atoms with Gasteiger partial charge in [-0.2, -0.15) is 0 Å². The lowest BCUT2D eigenvalue weighted by molar-refractivity contribution is -0.139. The highest BCUT2D eigenvalue weighted by molar-refractivity contribution is 5.73. The van der Waals surface area contributed by atoms with Crippen LogP contribution in [0.4, 0.5) is 0 Å². The fourth-order valence-electron chi connectivity index (χ4n) is 1.85. The second-order valence-electron chi connectivity index (χ2n) is 4.31. The first-order valence-corrected chi connectivity index (χ1v) is 6.39. The second-order valence-corrected chi connectivity index (χ2v) is 4.31. The standard InChI is InChI=1S/C14H22N2O3/c1-4-10-5-6-13(19-3)11(7-10)8-16-9-12(15-2)14(17)18/h5-7,12,15-16H,4,8-9H2,1-3H3,(H,17,18). The molecule has 0 spiro atoms. The average Bonchev–Trinajstić information content (AvgIpc) is 2.42. The van der Waals surface area contributed by atoms with Crippen LogP contribution in [0, 0.1) is 0 Å². The fraction of sp³-hybridized carbons (Fsp3) is 0.500. The van der Waals surface area contributed by atoms with Gasteiger partial charge in [0.1, 0.15) is 11.8 Å². The summed E-state index contributed by atoms with van der Waals surface area (Å²) in [6.45, 7) is 3.05. The number of nitrogens with one attached hydrogen (secondary N) is 2. The van der Waals surface area contributed by atoms with E-state index in [2.05, 4.69) is 23.6 Å². The van der Waals surface area contributed by atoms with Gasteiger partial charge in [0.2, 0.25) is 0 Å². The van der Waals surface area contributed by atoms with Crippen molar-refractivity contribution in [2.24, 2.45) is 0 Å². The molecule has 5 heteroatoms. The summed E-state index contributed by atoms with van der Waals surface area (Å²) < 4.78 is 5.30. The number of benzene rings is 1. The van der Waals surface area contributed by atoms with Crippen LogP contribution in [0.15, 0.2) is 18.2 Å². The van der Waals surface area contributed by atoms with Gasteiger partial charge in [0.05, 0.1) is 7.11 Å². The zero-order valence-corrected chi connectivity index (χ0v) is 11.7. The monoisotopic (exact) mass is 266 g/mol. The van der Waals surface area contributed by atoms with E-state index < -0.39 is 12.0 Å². The maximum atomic E-state index is 10.9. The number of rotatable bonds is 8. The fourth-order valence-corrected chi connectivity index (χ4v) is 1.85. The van der Waals surface area contributed by atoms with Crippen LogP contribution in [0.25, 0.3) is 0 Å². The molecule has 19 heavy (non-hydrogen) atoms. The molecule has 0 aliphatic heterocycles. The summed E-state index contributed by atoms with van der Waals surface area (Å²) >= 11 is 0. The summed E-state index contributed by atoms with van der Waals surface area (Å²) in [4.78, 5) is 10.9. The van der Waals surface area contributed by atoms with Gasteiger partial charge >= 0.3 is 5.97 Å². The van der Waals surface area contributed by atoms with Crippen LogP contribution in [0.3, 0.4) is 0 Å². The molecule has 1 unspecified atom stereocenters. The molecule has 3 N–H and O–H groups in total. The van der Waals surface area contributed by atoms with Gasteiger partial charge in [-0.3, -0.25) is 4.79 Å². The quantitative estimate of drug-likeness (QED) is 0.655. The Kier molecular flexibility index (Phi) is 6.32. The zero-order chi connectivity index (χ0) is 14.3. The third kappa shape index (κ3) is 4.54. The van der Waals surface area contributed by atoms with Crippen LogP contribution < -0.4 is 15.4 Å². The highest BCUT2D eigenvalue weighted by atomic mass is 16.5. The normalized spacial score (nSPS) is 12.2. The van der Waals surface area contributed by atoms with E-state index >= 15 is 0 Å². The molecule has 0 radical (unpaired) electrons. The maximum absolute atomic E-state index is 10.9. The van der Waals surface area contributed by atoms with Gasteiger partial charge in [0, 0.05) is 18.7 Å². The number of aliphatic carboxylic acids is 1. The Morgan fingerprint density at radius 3 is 2.74 bits per heavy atom. The molecule has 0 fully saturated rings. The Labute approximate surface area is 114 Å². The van der Waals surface area contributed by atoms with E-state index in [1.807, 2.05) is 12.1 Å². The minimum absolute atomic E-state index is 0.366. The number of hydrogen-bond donors (Lipinski definition) is 3. The van der Waals surface area contributed by atoms with Gasteiger partial charge in [0.15, 0.2) is 0 Å². The predicted molar refractivity (Wildman–Crippen MR) is 74.6 cm³/mol. The smallest absolute Gasteiger partial charge is 0.322 e. The third-order valence-electron chi connectivity index (χ3n) is 3.06. The van der Waals surface area contributed by atoms with Gasteiger partial charge in [-0.15, -0.1) is 0 Å². The number of carbonyl (C=O) groups is 1. The van der Waals surface area contributed by atoms with Crippen LogP contribution in [0.1, 0.15) is 18.1 Å². The largest absolute Gasteiger partial charge is 0.496 e. The molecule has 0 amide bonds. The minimum atomic E-state index is -0.857. The first kappa shape index (κ1) is 15.5. The molecule has 1 aromatic rings. The highest BCUT2D eigenvalue weighted by Gasteiger charge is 2.14. The first-order valence-electron chi connectivity index (χ1n) is 6.39. The van der Waals surface area contributed by atoms with Crippen molar-refractivity contribution in [2.45, 2.75) is 25.9 Å². The van der Waals surface area contributed by atoms with Gasteiger partial charge < -0.3 is 20.5 Å². The van der Waals surface area contributed by atoms with Crippen molar-refractivity contribution in [3.05, 3.63) is 29.3 Å².